The number of likely N-dealkylation sites (tertiary alicyclic amines) is 2. The number of rotatable bonds is 2. The molecule has 2 saturated heterocycles. The van der Waals surface area contributed by atoms with Crippen LogP contribution in [0.4, 0.5) is 0 Å². The quantitative estimate of drug-likeness (QED) is 0.836. The predicted octanol–water partition coefficient (Wildman–Crippen LogP) is 1.62. The molecule has 2 heterocycles. The number of aliphatic hydroxyl groups excluding tert-OH is 1. The Labute approximate surface area is 122 Å². The minimum absolute atomic E-state index is 0.144. The number of amides is 1. The van der Waals surface area contributed by atoms with Gasteiger partial charge in [0.1, 0.15) is 0 Å². The Morgan fingerprint density at radius 2 is 1.50 bits per heavy atom. The van der Waals surface area contributed by atoms with Crippen molar-refractivity contribution in [1.82, 2.24) is 9.80 Å². The lowest BCUT2D eigenvalue weighted by atomic mass is 9.88. The van der Waals surface area contributed by atoms with Crippen molar-refractivity contribution in [3.05, 3.63) is 0 Å². The van der Waals surface area contributed by atoms with E-state index in [4.69, 9.17) is 0 Å². The van der Waals surface area contributed by atoms with Crippen molar-refractivity contribution in [2.75, 3.05) is 26.2 Å². The second-order valence-electron chi connectivity index (χ2n) is 6.76. The molecule has 2 aliphatic heterocycles. The predicted molar refractivity (Wildman–Crippen MR) is 78.4 cm³/mol. The Kier molecular flexibility index (Phi) is 4.61. The van der Waals surface area contributed by atoms with Gasteiger partial charge in [0, 0.05) is 25.0 Å². The summed E-state index contributed by atoms with van der Waals surface area (Å²) in [6, 6.07) is 0.353. The van der Waals surface area contributed by atoms with Crippen molar-refractivity contribution >= 4 is 5.91 Å². The minimum atomic E-state index is -0.144. The number of aliphatic hydroxyl groups is 1. The summed E-state index contributed by atoms with van der Waals surface area (Å²) in [6.07, 6.45) is 8.68. The first-order chi connectivity index (χ1) is 9.75. The lowest BCUT2D eigenvalue weighted by Crippen LogP contribution is -2.50. The number of hydrogen-bond acceptors (Lipinski definition) is 3. The van der Waals surface area contributed by atoms with Crippen molar-refractivity contribution in [1.29, 1.82) is 0 Å². The third kappa shape index (κ3) is 3.01. The van der Waals surface area contributed by atoms with Gasteiger partial charge in [0.15, 0.2) is 0 Å². The van der Waals surface area contributed by atoms with E-state index in [1.165, 1.54) is 25.7 Å². The van der Waals surface area contributed by atoms with Gasteiger partial charge in [-0.15, -0.1) is 0 Å². The van der Waals surface area contributed by atoms with Crippen LogP contribution < -0.4 is 0 Å². The molecule has 0 aromatic rings. The molecule has 0 aromatic heterocycles. The summed E-state index contributed by atoms with van der Waals surface area (Å²) in [4.78, 5) is 16.9. The molecule has 2 atom stereocenters. The van der Waals surface area contributed by atoms with Gasteiger partial charge in [-0.05, 0) is 51.6 Å². The Hall–Kier alpha value is -0.610. The smallest absolute Gasteiger partial charge is 0.225 e. The van der Waals surface area contributed by atoms with Crippen LogP contribution in [0.15, 0.2) is 0 Å². The van der Waals surface area contributed by atoms with Crippen LogP contribution in [-0.4, -0.2) is 59.1 Å². The Balaban J connectivity index is 1.50. The highest BCUT2D eigenvalue weighted by atomic mass is 16.3. The van der Waals surface area contributed by atoms with Crippen LogP contribution in [0.2, 0.25) is 0 Å². The van der Waals surface area contributed by atoms with E-state index >= 15 is 0 Å². The Bertz CT molecular complexity index is 333. The summed E-state index contributed by atoms with van der Waals surface area (Å²) in [5.74, 6) is 0.636. The fourth-order valence-corrected chi connectivity index (χ4v) is 4.19. The monoisotopic (exact) mass is 280 g/mol. The maximum atomic E-state index is 12.4. The fourth-order valence-electron chi connectivity index (χ4n) is 4.19. The van der Waals surface area contributed by atoms with Gasteiger partial charge in [-0.2, -0.15) is 0 Å². The van der Waals surface area contributed by atoms with Crippen LogP contribution >= 0.6 is 0 Å². The van der Waals surface area contributed by atoms with Gasteiger partial charge in [0.05, 0.1) is 6.10 Å². The van der Waals surface area contributed by atoms with E-state index < -0.39 is 0 Å². The first-order valence-corrected chi connectivity index (χ1v) is 8.46. The SMILES string of the molecule is O=C(C1CCN(C2CCCCC2O)CC1)N1CCCC1. The molecule has 3 rings (SSSR count). The molecule has 4 nitrogen and oxygen atoms in total. The summed E-state index contributed by atoms with van der Waals surface area (Å²) in [5.41, 5.74) is 0. The van der Waals surface area contributed by atoms with Crippen molar-refractivity contribution in [3.63, 3.8) is 0 Å². The second-order valence-corrected chi connectivity index (χ2v) is 6.76. The average molecular weight is 280 g/mol. The summed E-state index contributed by atoms with van der Waals surface area (Å²) in [6.45, 7) is 3.93. The average Bonchev–Trinajstić information content (AvgIpc) is 3.01. The van der Waals surface area contributed by atoms with Gasteiger partial charge < -0.3 is 10.0 Å². The highest BCUT2D eigenvalue weighted by Gasteiger charge is 2.34. The summed E-state index contributed by atoms with van der Waals surface area (Å²) < 4.78 is 0. The lowest BCUT2D eigenvalue weighted by molar-refractivity contribution is -0.136. The third-order valence-electron chi connectivity index (χ3n) is 5.46. The maximum Gasteiger partial charge on any atom is 0.225 e. The summed E-state index contributed by atoms with van der Waals surface area (Å²) in [5, 5.41) is 10.2. The molecule has 0 aromatic carbocycles. The van der Waals surface area contributed by atoms with Gasteiger partial charge in [0.25, 0.3) is 0 Å². The molecular formula is C16H28N2O2. The molecule has 4 heteroatoms. The van der Waals surface area contributed by atoms with E-state index in [-0.39, 0.29) is 12.0 Å². The Morgan fingerprint density at radius 3 is 2.15 bits per heavy atom. The van der Waals surface area contributed by atoms with E-state index in [2.05, 4.69) is 9.80 Å². The first kappa shape index (κ1) is 14.3. The normalized spacial score (nSPS) is 33.5. The zero-order valence-electron chi connectivity index (χ0n) is 12.5. The van der Waals surface area contributed by atoms with E-state index in [0.29, 0.717) is 11.9 Å². The molecule has 1 saturated carbocycles. The van der Waals surface area contributed by atoms with Gasteiger partial charge in [-0.3, -0.25) is 9.69 Å². The molecule has 2 unspecified atom stereocenters. The van der Waals surface area contributed by atoms with Crippen molar-refractivity contribution < 1.29 is 9.90 Å². The van der Waals surface area contributed by atoms with Crippen LogP contribution in [-0.2, 0) is 4.79 Å². The van der Waals surface area contributed by atoms with Crippen LogP contribution in [0.3, 0.4) is 0 Å². The van der Waals surface area contributed by atoms with Crippen LogP contribution in [0.1, 0.15) is 51.4 Å². The highest BCUT2D eigenvalue weighted by molar-refractivity contribution is 5.79. The van der Waals surface area contributed by atoms with Crippen LogP contribution in [0.25, 0.3) is 0 Å². The van der Waals surface area contributed by atoms with Crippen LogP contribution in [0.5, 0.6) is 0 Å². The number of hydrogen-bond donors (Lipinski definition) is 1. The number of carbonyl (C=O) groups excluding carboxylic acids is 1. The molecular weight excluding hydrogens is 252 g/mol. The zero-order valence-corrected chi connectivity index (χ0v) is 12.5. The Morgan fingerprint density at radius 1 is 0.850 bits per heavy atom. The van der Waals surface area contributed by atoms with Gasteiger partial charge in [-0.25, -0.2) is 0 Å². The second kappa shape index (κ2) is 6.44. The van der Waals surface area contributed by atoms with Crippen molar-refractivity contribution in [2.24, 2.45) is 5.92 Å². The number of carbonyl (C=O) groups is 1. The highest BCUT2D eigenvalue weighted by Crippen LogP contribution is 2.28. The molecule has 0 bridgehead atoms. The largest absolute Gasteiger partial charge is 0.391 e. The van der Waals surface area contributed by atoms with E-state index in [9.17, 15) is 9.90 Å². The van der Waals surface area contributed by atoms with Gasteiger partial charge in [0.2, 0.25) is 5.91 Å². The molecule has 1 amide bonds. The van der Waals surface area contributed by atoms with E-state index in [1.807, 2.05) is 0 Å². The number of piperidine rings is 1. The van der Waals surface area contributed by atoms with E-state index in [1.54, 1.807) is 0 Å². The molecule has 1 N–H and O–H groups in total. The fraction of sp³-hybridized carbons (Fsp3) is 0.938. The van der Waals surface area contributed by atoms with Crippen molar-refractivity contribution in [3.8, 4) is 0 Å². The minimum Gasteiger partial charge on any atom is -0.391 e. The lowest BCUT2D eigenvalue weighted by Gasteiger charge is -2.41. The molecule has 0 spiro atoms. The third-order valence-corrected chi connectivity index (χ3v) is 5.46. The molecule has 114 valence electrons. The molecule has 3 fully saturated rings. The van der Waals surface area contributed by atoms with Crippen molar-refractivity contribution in [2.45, 2.75) is 63.5 Å². The molecule has 0 radical (unpaired) electrons. The van der Waals surface area contributed by atoms with Crippen LogP contribution in [0, 0.1) is 5.92 Å². The van der Waals surface area contributed by atoms with E-state index in [0.717, 1.165) is 51.9 Å². The van der Waals surface area contributed by atoms with Gasteiger partial charge in [-0.1, -0.05) is 12.8 Å². The zero-order chi connectivity index (χ0) is 13.9. The maximum absolute atomic E-state index is 12.4. The standard InChI is InChI=1S/C16H28N2O2/c19-15-6-2-1-5-14(15)17-11-7-13(8-12-17)16(20)18-9-3-4-10-18/h13-15,19H,1-12H2. The molecule has 20 heavy (non-hydrogen) atoms. The molecule has 3 aliphatic rings. The molecule has 1 aliphatic carbocycles. The van der Waals surface area contributed by atoms with Gasteiger partial charge >= 0.3 is 0 Å². The first-order valence-electron chi connectivity index (χ1n) is 8.46. The summed E-state index contributed by atoms with van der Waals surface area (Å²) >= 11 is 0. The summed E-state index contributed by atoms with van der Waals surface area (Å²) in [7, 11) is 0. The topological polar surface area (TPSA) is 43.8 Å². The number of nitrogens with zero attached hydrogens (tertiary/aromatic N) is 2.